The number of rotatable bonds is 39. The zero-order chi connectivity index (χ0) is 68.9. The quantitative estimate of drug-likeness (QED) is 0.0236. The maximum Gasteiger partial charge on any atom is 0.410 e. The molecule has 0 spiro atoms. The molecule has 1 aliphatic heterocycles. The number of likely N-dealkylation sites (tertiary alicyclic amines) is 1. The van der Waals surface area contributed by atoms with Gasteiger partial charge in [0.05, 0.1) is 48.8 Å². The van der Waals surface area contributed by atoms with Gasteiger partial charge in [-0.1, -0.05) is 144 Å². The Hall–Kier alpha value is -7.11. The molecule has 23 heteroatoms. The summed E-state index contributed by atoms with van der Waals surface area (Å²) in [5.74, 6) is -4.92. The number of anilines is 1. The summed E-state index contributed by atoms with van der Waals surface area (Å²) >= 11 is 0. The Morgan fingerprint density at radius 2 is 1.36 bits per heavy atom. The number of carbonyl (C=O) groups is 9. The fourth-order valence-corrected chi connectivity index (χ4v) is 11.8. The van der Waals surface area contributed by atoms with E-state index < -0.39 is 114 Å². The molecular weight excluding hydrogens is 1180 g/mol. The van der Waals surface area contributed by atoms with Crippen LogP contribution in [-0.4, -0.2) is 169 Å². The Labute approximate surface area is 547 Å². The first kappa shape index (κ1) is 79.1. The largest absolute Gasteiger partial charge is 0.445 e. The minimum atomic E-state index is -1.07. The number of primary amides is 1. The second-order valence-electron chi connectivity index (χ2n) is 25.7. The van der Waals surface area contributed by atoms with E-state index in [1.807, 2.05) is 52.0 Å². The van der Waals surface area contributed by atoms with Crippen molar-refractivity contribution in [3.8, 4) is 0 Å². The molecule has 9 N–H and O–H groups in total. The number of nitrogens with two attached hydrogens (primary N) is 1. The molecule has 0 bridgehead atoms. The molecule has 0 radical (unpaired) electrons. The monoisotopic (exact) mass is 1290 g/mol. The Balaban J connectivity index is 1.70. The van der Waals surface area contributed by atoms with Crippen LogP contribution in [0.15, 0.2) is 60.7 Å². The average Bonchev–Trinajstić information content (AvgIpc) is 3.49. The van der Waals surface area contributed by atoms with Crippen molar-refractivity contribution < 1.29 is 62.5 Å². The van der Waals surface area contributed by atoms with Crippen molar-refractivity contribution in [3.63, 3.8) is 0 Å². The second kappa shape index (κ2) is 40.1. The molecule has 23 nitrogen and oxygen atoms in total. The summed E-state index contributed by atoms with van der Waals surface area (Å²) in [5, 5.41) is 28.0. The van der Waals surface area contributed by atoms with Crippen molar-refractivity contribution in [2.24, 2.45) is 35.3 Å². The van der Waals surface area contributed by atoms with Gasteiger partial charge in [-0.15, -0.1) is 0 Å². The predicted molar refractivity (Wildman–Crippen MR) is 356 cm³/mol. The van der Waals surface area contributed by atoms with Crippen LogP contribution in [0.25, 0.3) is 0 Å². The van der Waals surface area contributed by atoms with Crippen LogP contribution in [-0.2, 0) is 60.8 Å². The van der Waals surface area contributed by atoms with Gasteiger partial charge in [0.1, 0.15) is 30.8 Å². The van der Waals surface area contributed by atoms with Crippen molar-refractivity contribution in [3.05, 3.63) is 77.4 Å². The first-order valence-corrected chi connectivity index (χ1v) is 33.1. The van der Waals surface area contributed by atoms with Gasteiger partial charge >= 0.3 is 12.1 Å². The van der Waals surface area contributed by atoms with Gasteiger partial charge in [0.25, 0.3) is 0 Å². The number of hydrogen-bond acceptors (Lipinski definition) is 13. The van der Waals surface area contributed by atoms with Gasteiger partial charge in [-0.05, 0) is 104 Å². The minimum Gasteiger partial charge on any atom is -0.445 e. The van der Waals surface area contributed by atoms with E-state index in [0.29, 0.717) is 49.0 Å². The zero-order valence-corrected chi connectivity index (χ0v) is 57.8. The average molecular weight is 1290 g/mol. The van der Waals surface area contributed by atoms with Crippen molar-refractivity contribution in [2.75, 3.05) is 46.7 Å². The van der Waals surface area contributed by atoms with E-state index in [1.165, 1.54) is 45.4 Å². The normalized spacial score (nSPS) is 16.9. The number of nitrogens with one attached hydrogen (secondary N) is 6. The van der Waals surface area contributed by atoms with Gasteiger partial charge in [-0.25, -0.2) is 9.59 Å². The highest BCUT2D eigenvalue weighted by Gasteiger charge is 2.44. The van der Waals surface area contributed by atoms with Crippen LogP contribution >= 0.6 is 0 Å². The molecule has 2 aromatic rings. The van der Waals surface area contributed by atoms with Gasteiger partial charge in [-0.3, -0.25) is 38.5 Å². The number of methoxy groups -OCH3 is 2. The summed E-state index contributed by atoms with van der Waals surface area (Å²) in [7, 11) is 6.13. The number of nitrogens with zero attached hydrogens (tertiary/aromatic N) is 3. The van der Waals surface area contributed by atoms with E-state index in [1.54, 1.807) is 89.6 Å². The van der Waals surface area contributed by atoms with Crippen molar-refractivity contribution in [2.45, 2.75) is 227 Å². The van der Waals surface area contributed by atoms with Gasteiger partial charge in [-0.2, -0.15) is 0 Å². The molecule has 1 aliphatic rings. The molecule has 1 fully saturated rings. The SMILES string of the molecule is CCCCC/C=C/Cc1ccc([C@H](O)[C@@H](C)NC(=O)[C@H](C)[C@@H](OC)[C@@H]2CCCN2C(=O)C[C@@H](OC)[C@H]([C@@H](C)CC)N(C)C(=O)[C@@H](NC(=O)[C@H](C(C)C)N(C)C(=O)OCc2ccc(NC(=O)[C@H](CCCNC(N)=O)NC(=O)[C@@H](NC(=O)CC)C(C)C)cc2)C(C)C)cc1. The molecule has 516 valence electrons. The smallest absolute Gasteiger partial charge is 0.410 e. The number of unbranched alkanes of at least 4 members (excludes halogenated alkanes) is 3. The van der Waals surface area contributed by atoms with Gasteiger partial charge < -0.3 is 66.8 Å². The van der Waals surface area contributed by atoms with Crippen LogP contribution in [0.5, 0.6) is 0 Å². The van der Waals surface area contributed by atoms with Gasteiger partial charge in [0, 0.05) is 53.5 Å². The molecule has 3 rings (SSSR count). The summed E-state index contributed by atoms with van der Waals surface area (Å²) in [6.45, 7) is 22.5. The third kappa shape index (κ3) is 24.4. The third-order valence-corrected chi connectivity index (χ3v) is 17.5. The fraction of sp³-hybridized carbons (Fsp3) is 0.667. The standard InChI is InChI=1S/C69H112N10O13/c1-17-20-21-22-23-24-27-48-30-34-50(35-31-48)61(82)47(12)72-63(83)46(11)62(91-16)53-29-26-39-79(53)56(81)40-54(90-15)60(45(10)18-2)77(13)67(87)58(43(6)7)76-66(86)59(44(8)9)78(14)69(89)92-41-49-32-36-51(37-33-49)73-64(84)52(28-25-38-71-68(70)88)74-65(85)57(42(4)5)75-55(80)19-3/h23-24,30-37,42-47,52-54,57-62,82H,17-22,25-29,38-41H2,1-16H3,(H,72,83)(H,73,84)(H,74,85)(H,75,80)(H,76,86)(H3,70,71,88)/b24-23+/t45-,46+,47+,52-,53-,54+,57-,58-,59-,60-,61+,62+/m0/s1. The van der Waals surface area contributed by atoms with Crippen LogP contribution in [0.4, 0.5) is 15.3 Å². The van der Waals surface area contributed by atoms with E-state index in [9.17, 15) is 48.3 Å². The molecule has 0 aromatic heterocycles. The van der Waals surface area contributed by atoms with E-state index in [4.69, 9.17) is 19.9 Å². The Kier molecular flexibility index (Phi) is 34.5. The van der Waals surface area contributed by atoms with Crippen molar-refractivity contribution >= 4 is 59.2 Å². The molecule has 1 heterocycles. The van der Waals surface area contributed by atoms with Crippen molar-refractivity contribution in [1.29, 1.82) is 0 Å². The lowest BCUT2D eigenvalue weighted by Gasteiger charge is -2.41. The number of benzene rings is 2. The molecule has 12 atom stereocenters. The molecule has 10 amide bonds. The number of ether oxygens (including phenoxy) is 3. The van der Waals surface area contributed by atoms with Gasteiger partial charge in [0.2, 0.25) is 41.4 Å². The number of amides is 10. The summed E-state index contributed by atoms with van der Waals surface area (Å²) in [5.41, 5.74) is 7.95. The number of likely N-dealkylation sites (N-methyl/N-ethyl adjacent to an activating group) is 2. The van der Waals surface area contributed by atoms with E-state index >= 15 is 0 Å². The van der Waals surface area contributed by atoms with E-state index in [2.05, 4.69) is 51.0 Å². The zero-order valence-electron chi connectivity index (χ0n) is 57.8. The van der Waals surface area contributed by atoms with Gasteiger partial charge in [0.15, 0.2) is 0 Å². The molecule has 1 saturated heterocycles. The summed E-state index contributed by atoms with van der Waals surface area (Å²) in [6.07, 6.45) is 9.06. The first-order valence-electron chi connectivity index (χ1n) is 33.1. The van der Waals surface area contributed by atoms with Crippen LogP contribution in [0.1, 0.15) is 177 Å². The summed E-state index contributed by atoms with van der Waals surface area (Å²) in [6, 6.07) is 7.77. The number of hydrogen-bond donors (Lipinski definition) is 8. The summed E-state index contributed by atoms with van der Waals surface area (Å²) in [4.78, 5) is 126. The minimum absolute atomic E-state index is 0.0842. The Morgan fingerprint density at radius 3 is 1.92 bits per heavy atom. The maximum atomic E-state index is 14.8. The number of urea groups is 1. The fourth-order valence-electron chi connectivity index (χ4n) is 11.8. The van der Waals surface area contributed by atoms with Crippen molar-refractivity contribution in [1.82, 2.24) is 41.3 Å². The highest BCUT2D eigenvalue weighted by molar-refractivity contribution is 5.98. The van der Waals surface area contributed by atoms with Crippen LogP contribution in [0.2, 0.25) is 0 Å². The lowest BCUT2D eigenvalue weighted by atomic mass is 9.89. The topological polar surface area (TPSA) is 309 Å². The highest BCUT2D eigenvalue weighted by Crippen LogP contribution is 2.31. The summed E-state index contributed by atoms with van der Waals surface area (Å²) < 4.78 is 17.8. The molecule has 0 unspecified atom stereocenters. The van der Waals surface area contributed by atoms with E-state index in [0.717, 1.165) is 18.4 Å². The maximum absolute atomic E-state index is 14.8. The number of aliphatic hydroxyl groups excluding tert-OH is 1. The molecule has 92 heavy (non-hydrogen) atoms. The predicted octanol–water partition coefficient (Wildman–Crippen LogP) is 7.68. The first-order chi connectivity index (χ1) is 43.6. The molecule has 2 aromatic carbocycles. The number of carbonyl (C=O) groups excluding carboxylic acids is 9. The molecule has 0 saturated carbocycles. The highest BCUT2D eigenvalue weighted by atomic mass is 16.6. The van der Waals surface area contributed by atoms with Crippen LogP contribution in [0, 0.1) is 29.6 Å². The van der Waals surface area contributed by atoms with E-state index in [-0.39, 0.29) is 62.0 Å². The lowest BCUT2D eigenvalue weighted by molar-refractivity contribution is -0.148. The lowest BCUT2D eigenvalue weighted by Crippen LogP contribution is -2.60. The molecular formula is C69H112N10O13. The number of aliphatic hydroxyl groups is 1. The van der Waals surface area contributed by atoms with Crippen LogP contribution < -0.4 is 37.6 Å². The Morgan fingerprint density at radius 1 is 0.717 bits per heavy atom. The third-order valence-electron chi connectivity index (χ3n) is 17.5. The number of allylic oxidation sites excluding steroid dienone is 2. The van der Waals surface area contributed by atoms with Crippen LogP contribution in [0.3, 0.4) is 0 Å². The second-order valence-corrected chi connectivity index (χ2v) is 25.7. The molecule has 0 aliphatic carbocycles. The Bertz CT molecular complexity index is 2690.